The lowest BCUT2D eigenvalue weighted by Crippen LogP contribution is -2.29. The molecule has 0 saturated heterocycles. The van der Waals surface area contributed by atoms with Gasteiger partial charge in [0.25, 0.3) is 0 Å². The molecule has 0 saturated carbocycles. The van der Waals surface area contributed by atoms with E-state index < -0.39 is 0 Å². The molecule has 0 heterocycles. The molecule has 1 aromatic rings. The van der Waals surface area contributed by atoms with E-state index in [1.54, 1.807) is 0 Å². The zero-order valence-electron chi connectivity index (χ0n) is 9.63. The summed E-state index contributed by atoms with van der Waals surface area (Å²) in [6.07, 6.45) is 2.17. The van der Waals surface area contributed by atoms with Crippen molar-refractivity contribution in [2.75, 3.05) is 0 Å². The number of nitrogens with one attached hydrogen (secondary N) is 1. The quantitative estimate of drug-likeness (QED) is 0.636. The van der Waals surface area contributed by atoms with E-state index in [0.29, 0.717) is 5.92 Å². The molecule has 0 aliphatic carbocycles. The molecule has 1 rings (SSSR count). The minimum Gasteiger partial charge on any atom is -0.271 e. The molecule has 1 aromatic carbocycles. The van der Waals surface area contributed by atoms with Crippen molar-refractivity contribution in [2.24, 2.45) is 11.8 Å². The number of halogens is 2. The van der Waals surface area contributed by atoms with Gasteiger partial charge in [-0.1, -0.05) is 37.9 Å². The molecule has 2 atom stereocenters. The molecule has 0 fully saturated rings. The zero-order valence-corrected chi connectivity index (χ0v) is 12.0. The van der Waals surface area contributed by atoms with Crippen LogP contribution in [0.4, 0.5) is 0 Å². The number of hydrogen-bond donors (Lipinski definition) is 2. The van der Waals surface area contributed by atoms with Crippen LogP contribution in [0.25, 0.3) is 0 Å². The summed E-state index contributed by atoms with van der Waals surface area (Å²) in [7, 11) is 0. The van der Waals surface area contributed by atoms with Gasteiger partial charge in [-0.3, -0.25) is 11.3 Å². The maximum atomic E-state index is 6.07. The van der Waals surface area contributed by atoms with Crippen molar-refractivity contribution in [1.82, 2.24) is 5.43 Å². The predicted molar refractivity (Wildman–Crippen MR) is 73.3 cm³/mol. The number of hydrazine groups is 1. The SMILES string of the molecule is CCC(C)CC(NN)c1ccc(Br)c(Cl)c1. The van der Waals surface area contributed by atoms with Crippen LogP contribution >= 0.6 is 27.5 Å². The van der Waals surface area contributed by atoms with Crippen LogP contribution in [-0.2, 0) is 0 Å². The second kappa shape index (κ2) is 6.60. The Hall–Kier alpha value is -0.0900. The summed E-state index contributed by atoms with van der Waals surface area (Å²) in [6, 6.07) is 6.13. The van der Waals surface area contributed by atoms with Crippen LogP contribution in [0.3, 0.4) is 0 Å². The molecular formula is C12H18BrClN2. The van der Waals surface area contributed by atoms with E-state index in [9.17, 15) is 0 Å². The lowest BCUT2D eigenvalue weighted by Gasteiger charge is -2.20. The third-order valence-electron chi connectivity index (χ3n) is 2.88. The van der Waals surface area contributed by atoms with Gasteiger partial charge in [0, 0.05) is 10.5 Å². The van der Waals surface area contributed by atoms with E-state index in [4.69, 9.17) is 17.4 Å². The van der Waals surface area contributed by atoms with Crippen molar-refractivity contribution >= 4 is 27.5 Å². The van der Waals surface area contributed by atoms with Gasteiger partial charge in [0.15, 0.2) is 0 Å². The van der Waals surface area contributed by atoms with Gasteiger partial charge in [-0.25, -0.2) is 0 Å². The van der Waals surface area contributed by atoms with Gasteiger partial charge in [-0.15, -0.1) is 0 Å². The maximum absolute atomic E-state index is 6.07. The number of nitrogens with two attached hydrogens (primary N) is 1. The summed E-state index contributed by atoms with van der Waals surface area (Å²) in [6.45, 7) is 4.41. The standard InChI is InChI=1S/C12H18BrClN2/c1-3-8(2)6-12(16-15)9-4-5-10(13)11(14)7-9/h4-5,7-8,12,16H,3,6,15H2,1-2H3. The minimum absolute atomic E-state index is 0.167. The zero-order chi connectivity index (χ0) is 12.1. The van der Waals surface area contributed by atoms with Crippen molar-refractivity contribution < 1.29 is 0 Å². The molecule has 0 amide bonds. The molecule has 0 aromatic heterocycles. The van der Waals surface area contributed by atoms with Gasteiger partial charge in [0.2, 0.25) is 0 Å². The first-order valence-electron chi connectivity index (χ1n) is 5.49. The van der Waals surface area contributed by atoms with E-state index in [2.05, 4.69) is 35.2 Å². The Morgan fingerprint density at radius 2 is 2.19 bits per heavy atom. The molecular weight excluding hydrogens is 288 g/mol. The first kappa shape index (κ1) is 14.0. The molecule has 0 radical (unpaired) electrons. The normalized spacial score (nSPS) is 14.8. The van der Waals surface area contributed by atoms with Gasteiger partial charge in [-0.05, 0) is 46.0 Å². The largest absolute Gasteiger partial charge is 0.271 e. The topological polar surface area (TPSA) is 38.0 Å². The van der Waals surface area contributed by atoms with Crippen molar-refractivity contribution in [2.45, 2.75) is 32.7 Å². The van der Waals surface area contributed by atoms with Crippen molar-refractivity contribution in [3.63, 3.8) is 0 Å². The molecule has 0 aliphatic rings. The maximum Gasteiger partial charge on any atom is 0.0551 e. The molecule has 4 heteroatoms. The first-order valence-corrected chi connectivity index (χ1v) is 6.66. The van der Waals surface area contributed by atoms with E-state index in [0.717, 1.165) is 27.9 Å². The van der Waals surface area contributed by atoms with Gasteiger partial charge < -0.3 is 0 Å². The van der Waals surface area contributed by atoms with E-state index in [1.165, 1.54) is 0 Å². The number of hydrogen-bond acceptors (Lipinski definition) is 2. The fraction of sp³-hybridized carbons (Fsp3) is 0.500. The monoisotopic (exact) mass is 304 g/mol. The summed E-state index contributed by atoms with van der Waals surface area (Å²) >= 11 is 9.45. The molecule has 0 aliphatic heterocycles. The third kappa shape index (κ3) is 3.74. The van der Waals surface area contributed by atoms with Crippen molar-refractivity contribution in [3.8, 4) is 0 Å². The minimum atomic E-state index is 0.167. The van der Waals surface area contributed by atoms with E-state index >= 15 is 0 Å². The van der Waals surface area contributed by atoms with Crippen molar-refractivity contribution in [1.29, 1.82) is 0 Å². The highest BCUT2D eigenvalue weighted by molar-refractivity contribution is 9.10. The molecule has 2 unspecified atom stereocenters. The summed E-state index contributed by atoms with van der Waals surface area (Å²) in [5.74, 6) is 6.23. The summed E-state index contributed by atoms with van der Waals surface area (Å²) in [4.78, 5) is 0. The molecule has 0 bridgehead atoms. The summed E-state index contributed by atoms with van der Waals surface area (Å²) in [5.41, 5.74) is 3.99. The van der Waals surface area contributed by atoms with Crippen LogP contribution in [0.1, 0.15) is 38.3 Å². The molecule has 3 N–H and O–H groups in total. The van der Waals surface area contributed by atoms with Crippen LogP contribution in [0, 0.1) is 5.92 Å². The van der Waals surface area contributed by atoms with Crippen LogP contribution in [0.15, 0.2) is 22.7 Å². The number of benzene rings is 1. The second-order valence-electron chi connectivity index (χ2n) is 4.14. The van der Waals surface area contributed by atoms with Crippen LogP contribution in [-0.4, -0.2) is 0 Å². The highest BCUT2D eigenvalue weighted by Gasteiger charge is 2.13. The lowest BCUT2D eigenvalue weighted by atomic mass is 9.95. The third-order valence-corrected chi connectivity index (χ3v) is 4.11. The number of rotatable bonds is 5. The summed E-state index contributed by atoms with van der Waals surface area (Å²) < 4.78 is 0.914. The van der Waals surface area contributed by atoms with Gasteiger partial charge in [0.05, 0.1) is 5.02 Å². The molecule has 0 spiro atoms. The Bertz CT molecular complexity index is 344. The average molecular weight is 306 g/mol. The van der Waals surface area contributed by atoms with Gasteiger partial charge >= 0.3 is 0 Å². The second-order valence-corrected chi connectivity index (χ2v) is 5.40. The molecule has 90 valence electrons. The smallest absolute Gasteiger partial charge is 0.0551 e. The van der Waals surface area contributed by atoms with E-state index in [-0.39, 0.29) is 6.04 Å². The molecule has 2 nitrogen and oxygen atoms in total. The van der Waals surface area contributed by atoms with E-state index in [1.807, 2.05) is 18.2 Å². The van der Waals surface area contributed by atoms with Crippen LogP contribution in [0.5, 0.6) is 0 Å². The van der Waals surface area contributed by atoms with Crippen LogP contribution < -0.4 is 11.3 Å². The average Bonchev–Trinajstić information content (AvgIpc) is 2.29. The predicted octanol–water partition coefficient (Wildman–Crippen LogP) is 4.04. The Kier molecular flexibility index (Phi) is 5.76. The Balaban J connectivity index is 2.82. The Morgan fingerprint density at radius 1 is 1.50 bits per heavy atom. The van der Waals surface area contributed by atoms with Crippen LogP contribution in [0.2, 0.25) is 5.02 Å². The van der Waals surface area contributed by atoms with Gasteiger partial charge in [0.1, 0.15) is 0 Å². The Labute approximate surface area is 111 Å². The Morgan fingerprint density at radius 3 is 2.69 bits per heavy atom. The highest BCUT2D eigenvalue weighted by atomic mass is 79.9. The summed E-state index contributed by atoms with van der Waals surface area (Å²) in [5, 5.41) is 0.724. The highest BCUT2D eigenvalue weighted by Crippen LogP contribution is 2.28. The fourth-order valence-corrected chi connectivity index (χ4v) is 2.03. The van der Waals surface area contributed by atoms with Gasteiger partial charge in [-0.2, -0.15) is 0 Å². The van der Waals surface area contributed by atoms with Crippen molar-refractivity contribution in [3.05, 3.63) is 33.3 Å². The lowest BCUT2D eigenvalue weighted by molar-refractivity contribution is 0.408. The fourth-order valence-electron chi connectivity index (χ4n) is 1.60. The first-order chi connectivity index (χ1) is 7.58. The molecule has 16 heavy (non-hydrogen) atoms.